The summed E-state index contributed by atoms with van der Waals surface area (Å²) >= 11 is 0. The smallest absolute Gasteiger partial charge is 0.328 e. The second-order valence-corrected chi connectivity index (χ2v) is 4.57. The maximum absolute atomic E-state index is 12.1. The molecule has 0 fully saturated rings. The van der Waals surface area contributed by atoms with Crippen LogP contribution in [0, 0.1) is 13.8 Å². The fourth-order valence-electron chi connectivity index (χ4n) is 1.90. The molecule has 0 atom stereocenters. The van der Waals surface area contributed by atoms with Gasteiger partial charge in [0.15, 0.2) is 0 Å². The number of aliphatic carboxylic acids is 1. The Labute approximate surface area is 121 Å². The number of benzene rings is 1. The molecule has 5 nitrogen and oxygen atoms in total. The summed E-state index contributed by atoms with van der Waals surface area (Å²) in [6.45, 7) is 3.52. The Kier molecular flexibility index (Phi) is 4.23. The van der Waals surface area contributed by atoms with Crippen LogP contribution in [-0.4, -0.2) is 17.0 Å². The van der Waals surface area contributed by atoms with Gasteiger partial charge in [0.1, 0.15) is 11.5 Å². The molecule has 1 heterocycles. The first kappa shape index (κ1) is 14.6. The minimum absolute atomic E-state index is 0.238. The van der Waals surface area contributed by atoms with Gasteiger partial charge in [0, 0.05) is 11.8 Å². The van der Waals surface area contributed by atoms with Crippen molar-refractivity contribution in [3.63, 3.8) is 0 Å². The number of aryl methyl sites for hydroxylation is 2. The predicted molar refractivity (Wildman–Crippen MR) is 79.2 cm³/mol. The molecule has 0 aliphatic carbocycles. The van der Waals surface area contributed by atoms with E-state index in [1.165, 1.54) is 6.08 Å². The van der Waals surface area contributed by atoms with Gasteiger partial charge in [0.05, 0.1) is 5.56 Å². The molecule has 5 heteroatoms. The molecule has 0 aliphatic rings. The lowest BCUT2D eigenvalue weighted by Gasteiger charge is -2.04. The van der Waals surface area contributed by atoms with Crippen LogP contribution in [0.4, 0.5) is 5.69 Å². The van der Waals surface area contributed by atoms with Gasteiger partial charge in [-0.3, -0.25) is 4.79 Å². The van der Waals surface area contributed by atoms with E-state index in [-0.39, 0.29) is 5.91 Å². The zero-order valence-corrected chi connectivity index (χ0v) is 11.7. The van der Waals surface area contributed by atoms with Crippen molar-refractivity contribution in [2.45, 2.75) is 13.8 Å². The van der Waals surface area contributed by atoms with Gasteiger partial charge in [-0.2, -0.15) is 0 Å². The fourth-order valence-corrected chi connectivity index (χ4v) is 1.90. The lowest BCUT2D eigenvalue weighted by atomic mass is 10.2. The molecule has 0 spiro atoms. The predicted octanol–water partition coefficient (Wildman–Crippen LogP) is 3.25. The molecule has 0 radical (unpaired) electrons. The van der Waals surface area contributed by atoms with E-state index in [0.717, 1.165) is 11.6 Å². The normalized spacial score (nSPS) is 10.8. The highest BCUT2D eigenvalue weighted by Gasteiger charge is 2.13. The second kappa shape index (κ2) is 6.09. The van der Waals surface area contributed by atoms with Crippen LogP contribution < -0.4 is 5.32 Å². The Hall–Kier alpha value is -2.82. The van der Waals surface area contributed by atoms with Gasteiger partial charge in [-0.1, -0.05) is 12.1 Å². The zero-order valence-electron chi connectivity index (χ0n) is 11.7. The van der Waals surface area contributed by atoms with Gasteiger partial charge < -0.3 is 14.8 Å². The van der Waals surface area contributed by atoms with Gasteiger partial charge in [0.2, 0.25) is 0 Å². The summed E-state index contributed by atoms with van der Waals surface area (Å²) in [5, 5.41) is 11.3. The van der Waals surface area contributed by atoms with Crippen molar-refractivity contribution in [1.29, 1.82) is 0 Å². The highest BCUT2D eigenvalue weighted by molar-refractivity contribution is 6.05. The number of nitrogens with one attached hydrogen (secondary N) is 1. The van der Waals surface area contributed by atoms with Crippen molar-refractivity contribution < 1.29 is 19.1 Å². The Bertz CT molecular complexity index is 696. The number of carboxylic acid groups (broad SMARTS) is 1. The topological polar surface area (TPSA) is 79.5 Å². The number of carboxylic acids is 1. The Morgan fingerprint density at radius 2 is 1.86 bits per heavy atom. The quantitative estimate of drug-likeness (QED) is 0.845. The summed E-state index contributed by atoms with van der Waals surface area (Å²) in [7, 11) is 0. The van der Waals surface area contributed by atoms with Crippen LogP contribution in [0.5, 0.6) is 0 Å². The van der Waals surface area contributed by atoms with Crippen molar-refractivity contribution in [2.75, 3.05) is 5.32 Å². The highest BCUT2D eigenvalue weighted by atomic mass is 16.4. The number of furan rings is 1. The molecule has 1 aromatic carbocycles. The van der Waals surface area contributed by atoms with Gasteiger partial charge >= 0.3 is 5.97 Å². The third-order valence-electron chi connectivity index (χ3n) is 2.87. The summed E-state index contributed by atoms with van der Waals surface area (Å²) in [6, 6.07) is 8.56. The fraction of sp³-hybridized carbons (Fsp3) is 0.125. The SMILES string of the molecule is Cc1cc(C(=O)Nc2ccc(/C=C/C(=O)O)cc2)c(C)o1. The molecule has 0 unspecified atom stereocenters. The highest BCUT2D eigenvalue weighted by Crippen LogP contribution is 2.17. The van der Waals surface area contributed by atoms with Crippen LogP contribution in [0.15, 0.2) is 40.8 Å². The summed E-state index contributed by atoms with van der Waals surface area (Å²) < 4.78 is 5.32. The van der Waals surface area contributed by atoms with Crippen molar-refractivity contribution in [3.8, 4) is 0 Å². The summed E-state index contributed by atoms with van der Waals surface area (Å²) in [5.41, 5.74) is 1.87. The van der Waals surface area contributed by atoms with Crippen LogP contribution in [-0.2, 0) is 4.79 Å². The molecular weight excluding hydrogens is 270 g/mol. The van der Waals surface area contributed by atoms with E-state index >= 15 is 0 Å². The summed E-state index contributed by atoms with van der Waals surface area (Å²) in [6.07, 6.45) is 2.54. The van der Waals surface area contributed by atoms with Crippen molar-refractivity contribution >= 4 is 23.6 Å². The molecule has 2 N–H and O–H groups in total. The standard InChI is InChI=1S/C16H15NO4/c1-10-9-14(11(2)21-10)16(20)17-13-6-3-12(4-7-13)5-8-15(18)19/h3-9H,1-2H3,(H,17,20)(H,18,19)/b8-5+. The molecular formula is C16H15NO4. The van der Waals surface area contributed by atoms with E-state index in [1.54, 1.807) is 44.2 Å². The second-order valence-electron chi connectivity index (χ2n) is 4.57. The van der Waals surface area contributed by atoms with Gasteiger partial charge in [-0.05, 0) is 43.7 Å². The molecule has 1 amide bonds. The van der Waals surface area contributed by atoms with Crippen LogP contribution >= 0.6 is 0 Å². The molecule has 2 rings (SSSR count). The van der Waals surface area contributed by atoms with Crippen molar-refractivity contribution in [1.82, 2.24) is 0 Å². The van der Waals surface area contributed by atoms with E-state index in [1.807, 2.05) is 0 Å². The van der Waals surface area contributed by atoms with Gasteiger partial charge in [0.25, 0.3) is 5.91 Å². The van der Waals surface area contributed by atoms with Gasteiger partial charge in [-0.25, -0.2) is 4.79 Å². The summed E-state index contributed by atoms with van der Waals surface area (Å²) in [4.78, 5) is 22.5. The Morgan fingerprint density at radius 3 is 2.38 bits per heavy atom. The number of rotatable bonds is 4. The van der Waals surface area contributed by atoms with E-state index in [4.69, 9.17) is 9.52 Å². The van der Waals surface area contributed by atoms with Crippen molar-refractivity contribution in [3.05, 3.63) is 59.1 Å². The average Bonchev–Trinajstić information content (AvgIpc) is 2.77. The first-order valence-electron chi connectivity index (χ1n) is 6.35. The van der Waals surface area contributed by atoms with E-state index in [9.17, 15) is 9.59 Å². The maximum atomic E-state index is 12.1. The Morgan fingerprint density at radius 1 is 1.19 bits per heavy atom. The van der Waals surface area contributed by atoms with Gasteiger partial charge in [-0.15, -0.1) is 0 Å². The monoisotopic (exact) mass is 285 g/mol. The van der Waals surface area contributed by atoms with Crippen LogP contribution in [0.3, 0.4) is 0 Å². The molecule has 108 valence electrons. The molecule has 0 aliphatic heterocycles. The number of hydrogen-bond donors (Lipinski definition) is 2. The number of carbonyl (C=O) groups is 2. The minimum Gasteiger partial charge on any atom is -0.478 e. The van der Waals surface area contributed by atoms with E-state index in [2.05, 4.69) is 5.32 Å². The molecule has 0 bridgehead atoms. The lowest BCUT2D eigenvalue weighted by Crippen LogP contribution is -2.11. The third-order valence-corrected chi connectivity index (χ3v) is 2.87. The third kappa shape index (κ3) is 3.82. The largest absolute Gasteiger partial charge is 0.478 e. The van der Waals surface area contributed by atoms with E-state index in [0.29, 0.717) is 22.8 Å². The Balaban J connectivity index is 2.08. The molecule has 1 aromatic heterocycles. The van der Waals surface area contributed by atoms with Crippen LogP contribution in [0.25, 0.3) is 6.08 Å². The number of hydrogen-bond acceptors (Lipinski definition) is 3. The maximum Gasteiger partial charge on any atom is 0.328 e. The van der Waals surface area contributed by atoms with Crippen molar-refractivity contribution in [2.24, 2.45) is 0 Å². The summed E-state index contributed by atoms with van der Waals surface area (Å²) in [5.74, 6) is 0.0224. The lowest BCUT2D eigenvalue weighted by molar-refractivity contribution is -0.131. The molecule has 0 saturated heterocycles. The average molecular weight is 285 g/mol. The number of amides is 1. The molecule has 0 saturated carbocycles. The van der Waals surface area contributed by atoms with E-state index < -0.39 is 5.97 Å². The molecule has 21 heavy (non-hydrogen) atoms. The first-order chi connectivity index (χ1) is 9.95. The molecule has 2 aromatic rings. The minimum atomic E-state index is -1.00. The number of carbonyl (C=O) groups excluding carboxylic acids is 1. The zero-order chi connectivity index (χ0) is 15.4. The van der Waals surface area contributed by atoms with Crippen LogP contribution in [0.1, 0.15) is 27.4 Å². The first-order valence-corrected chi connectivity index (χ1v) is 6.35. The number of anilines is 1. The van der Waals surface area contributed by atoms with Crippen LogP contribution in [0.2, 0.25) is 0 Å².